The van der Waals surface area contributed by atoms with Crippen molar-refractivity contribution in [1.29, 1.82) is 0 Å². The van der Waals surface area contributed by atoms with E-state index >= 15 is 0 Å². The van der Waals surface area contributed by atoms with Crippen LogP contribution < -0.4 is 5.73 Å². The van der Waals surface area contributed by atoms with Crippen LogP contribution in [0.25, 0.3) is 0 Å². The summed E-state index contributed by atoms with van der Waals surface area (Å²) in [6.45, 7) is 4.64. The summed E-state index contributed by atoms with van der Waals surface area (Å²) < 4.78 is 13.2. The molecule has 0 heterocycles. The SMILES string of the molecule is CC1(C)CCC(C(N)Cc2cc(F)ccc2Cl)CC1. The van der Waals surface area contributed by atoms with E-state index in [9.17, 15) is 4.39 Å². The highest BCUT2D eigenvalue weighted by molar-refractivity contribution is 6.31. The van der Waals surface area contributed by atoms with Gasteiger partial charge in [0.25, 0.3) is 0 Å². The third-order valence-electron chi connectivity index (χ3n) is 4.45. The van der Waals surface area contributed by atoms with Crippen LogP contribution in [0.2, 0.25) is 5.02 Å². The van der Waals surface area contributed by atoms with E-state index in [2.05, 4.69) is 13.8 Å². The van der Waals surface area contributed by atoms with Gasteiger partial charge in [-0.15, -0.1) is 0 Å². The van der Waals surface area contributed by atoms with Gasteiger partial charge in [0.2, 0.25) is 0 Å². The van der Waals surface area contributed by atoms with E-state index in [4.69, 9.17) is 17.3 Å². The topological polar surface area (TPSA) is 26.0 Å². The highest BCUT2D eigenvalue weighted by Gasteiger charge is 2.30. The van der Waals surface area contributed by atoms with Gasteiger partial charge in [0.15, 0.2) is 0 Å². The summed E-state index contributed by atoms with van der Waals surface area (Å²) in [5, 5.41) is 0.619. The van der Waals surface area contributed by atoms with E-state index in [1.54, 1.807) is 6.07 Å². The molecule has 19 heavy (non-hydrogen) atoms. The minimum absolute atomic E-state index is 0.0791. The zero-order chi connectivity index (χ0) is 14.0. The maximum absolute atomic E-state index is 13.2. The van der Waals surface area contributed by atoms with Crippen LogP contribution in [0.15, 0.2) is 18.2 Å². The van der Waals surface area contributed by atoms with Crippen molar-refractivity contribution in [1.82, 2.24) is 0 Å². The fourth-order valence-electron chi connectivity index (χ4n) is 2.97. The van der Waals surface area contributed by atoms with E-state index in [1.807, 2.05) is 0 Å². The Morgan fingerprint density at radius 3 is 2.63 bits per heavy atom. The molecule has 1 fully saturated rings. The van der Waals surface area contributed by atoms with E-state index < -0.39 is 0 Å². The Kier molecular flexibility index (Phi) is 4.52. The fourth-order valence-corrected chi connectivity index (χ4v) is 3.16. The Balaban J connectivity index is 1.98. The average molecular weight is 284 g/mol. The molecular formula is C16H23ClFN. The third-order valence-corrected chi connectivity index (χ3v) is 4.82. The van der Waals surface area contributed by atoms with Gasteiger partial charge in [0.1, 0.15) is 5.82 Å². The molecule has 1 atom stereocenters. The molecule has 2 rings (SSSR count). The maximum Gasteiger partial charge on any atom is 0.123 e. The number of nitrogens with two attached hydrogens (primary N) is 1. The van der Waals surface area contributed by atoms with Crippen LogP contribution in [0.4, 0.5) is 4.39 Å². The molecule has 3 heteroatoms. The molecule has 106 valence electrons. The number of hydrogen-bond donors (Lipinski definition) is 1. The van der Waals surface area contributed by atoms with E-state index in [0.29, 0.717) is 22.8 Å². The molecule has 1 aliphatic rings. The minimum Gasteiger partial charge on any atom is -0.327 e. The molecule has 1 unspecified atom stereocenters. The Morgan fingerprint density at radius 1 is 1.37 bits per heavy atom. The van der Waals surface area contributed by atoms with Crippen LogP contribution in [0.3, 0.4) is 0 Å². The summed E-state index contributed by atoms with van der Waals surface area (Å²) in [5.41, 5.74) is 7.59. The lowest BCUT2D eigenvalue weighted by Gasteiger charge is -2.37. The highest BCUT2D eigenvalue weighted by Crippen LogP contribution is 2.39. The van der Waals surface area contributed by atoms with Gasteiger partial charge < -0.3 is 5.73 Å². The van der Waals surface area contributed by atoms with Crippen molar-refractivity contribution in [3.05, 3.63) is 34.6 Å². The largest absolute Gasteiger partial charge is 0.327 e. The molecule has 1 nitrogen and oxygen atoms in total. The minimum atomic E-state index is -0.239. The van der Waals surface area contributed by atoms with E-state index in [1.165, 1.54) is 37.8 Å². The molecule has 0 spiro atoms. The zero-order valence-electron chi connectivity index (χ0n) is 11.8. The average Bonchev–Trinajstić information content (AvgIpc) is 2.33. The van der Waals surface area contributed by atoms with Gasteiger partial charge in [0, 0.05) is 11.1 Å². The Labute approximate surface area is 120 Å². The van der Waals surface area contributed by atoms with Gasteiger partial charge in [0.05, 0.1) is 0 Å². The molecular weight excluding hydrogens is 261 g/mol. The first-order valence-electron chi connectivity index (χ1n) is 7.07. The smallest absolute Gasteiger partial charge is 0.123 e. The van der Waals surface area contributed by atoms with Gasteiger partial charge >= 0.3 is 0 Å². The molecule has 2 N–H and O–H groups in total. The predicted octanol–water partition coefficient (Wildman–Crippen LogP) is 4.57. The van der Waals surface area contributed by atoms with E-state index in [0.717, 1.165) is 5.56 Å². The quantitative estimate of drug-likeness (QED) is 0.864. The summed E-state index contributed by atoms with van der Waals surface area (Å²) in [4.78, 5) is 0. The molecule has 1 saturated carbocycles. The Bertz CT molecular complexity index is 434. The lowest BCUT2D eigenvalue weighted by Crippen LogP contribution is -2.36. The lowest BCUT2D eigenvalue weighted by atomic mass is 9.70. The van der Waals surface area contributed by atoms with Crippen LogP contribution in [0.1, 0.15) is 45.1 Å². The highest BCUT2D eigenvalue weighted by atomic mass is 35.5. The van der Waals surface area contributed by atoms with Crippen molar-refractivity contribution in [2.45, 2.75) is 52.0 Å². The van der Waals surface area contributed by atoms with Gasteiger partial charge in [-0.1, -0.05) is 25.4 Å². The van der Waals surface area contributed by atoms with Gasteiger partial charge in [-0.2, -0.15) is 0 Å². The first-order valence-corrected chi connectivity index (χ1v) is 7.45. The second-order valence-electron chi connectivity index (χ2n) is 6.61. The lowest BCUT2D eigenvalue weighted by molar-refractivity contribution is 0.173. The molecule has 0 bridgehead atoms. The van der Waals surface area contributed by atoms with Crippen molar-refractivity contribution in [2.24, 2.45) is 17.1 Å². The van der Waals surface area contributed by atoms with Crippen molar-refractivity contribution in [2.75, 3.05) is 0 Å². The molecule has 0 amide bonds. The monoisotopic (exact) mass is 283 g/mol. The summed E-state index contributed by atoms with van der Waals surface area (Å²) in [6.07, 6.45) is 5.45. The van der Waals surface area contributed by atoms with Crippen LogP contribution in [-0.4, -0.2) is 6.04 Å². The van der Waals surface area contributed by atoms with Crippen LogP contribution in [0, 0.1) is 17.2 Å². The van der Waals surface area contributed by atoms with Crippen molar-refractivity contribution in [3.8, 4) is 0 Å². The van der Waals surface area contributed by atoms with Crippen molar-refractivity contribution >= 4 is 11.6 Å². The van der Waals surface area contributed by atoms with Crippen LogP contribution in [-0.2, 0) is 6.42 Å². The van der Waals surface area contributed by atoms with Crippen molar-refractivity contribution in [3.63, 3.8) is 0 Å². The van der Waals surface area contributed by atoms with Crippen LogP contribution in [0.5, 0.6) is 0 Å². The van der Waals surface area contributed by atoms with Gasteiger partial charge in [-0.25, -0.2) is 4.39 Å². The second-order valence-corrected chi connectivity index (χ2v) is 7.01. The first-order chi connectivity index (χ1) is 8.87. The number of benzene rings is 1. The summed E-state index contributed by atoms with van der Waals surface area (Å²) in [5.74, 6) is 0.295. The molecule has 1 aromatic rings. The molecule has 1 aliphatic carbocycles. The Hall–Kier alpha value is -0.600. The zero-order valence-corrected chi connectivity index (χ0v) is 12.5. The molecule has 1 aromatic carbocycles. The normalized spacial score (nSPS) is 21.3. The van der Waals surface area contributed by atoms with E-state index in [-0.39, 0.29) is 11.9 Å². The number of rotatable bonds is 3. The molecule has 0 aromatic heterocycles. The summed E-state index contributed by atoms with van der Waals surface area (Å²) in [6, 6.07) is 4.59. The van der Waals surface area contributed by atoms with Gasteiger partial charge in [-0.05, 0) is 67.2 Å². The molecule has 0 radical (unpaired) electrons. The Morgan fingerprint density at radius 2 is 2.00 bits per heavy atom. The van der Waals surface area contributed by atoms with Crippen molar-refractivity contribution < 1.29 is 4.39 Å². The first kappa shape index (κ1) is 14.8. The molecule has 0 aliphatic heterocycles. The third kappa shape index (κ3) is 3.93. The van der Waals surface area contributed by atoms with Gasteiger partial charge in [-0.3, -0.25) is 0 Å². The van der Waals surface area contributed by atoms with Crippen LogP contribution >= 0.6 is 11.6 Å². The predicted molar refractivity (Wildman–Crippen MR) is 78.8 cm³/mol. The maximum atomic E-state index is 13.2. The molecule has 0 saturated heterocycles. The fraction of sp³-hybridized carbons (Fsp3) is 0.625. The standard InChI is InChI=1S/C16H23ClFN/c1-16(2)7-5-11(6-8-16)15(19)10-12-9-13(18)3-4-14(12)17/h3-4,9,11,15H,5-8,10,19H2,1-2H3. The number of halogens is 2. The summed E-state index contributed by atoms with van der Waals surface area (Å²) >= 11 is 6.10. The summed E-state index contributed by atoms with van der Waals surface area (Å²) in [7, 11) is 0. The second kappa shape index (κ2) is 5.80. The number of hydrogen-bond acceptors (Lipinski definition) is 1.